The molecule has 0 saturated heterocycles. The zero-order valence-corrected chi connectivity index (χ0v) is 24.5. The third-order valence-electron chi connectivity index (χ3n) is 8.12. The Balaban J connectivity index is 1.93. The fraction of sp³-hybridized carbons (Fsp3) is 0.969. The summed E-state index contributed by atoms with van der Waals surface area (Å²) in [5.41, 5.74) is 0. The Morgan fingerprint density at radius 1 is 0.743 bits per heavy atom. The molecule has 3 unspecified atom stereocenters. The van der Waals surface area contributed by atoms with E-state index >= 15 is 0 Å². The molecule has 35 heavy (non-hydrogen) atoms. The number of ether oxygens (including phenoxy) is 1. The van der Waals surface area contributed by atoms with Crippen LogP contribution < -0.4 is 0 Å². The van der Waals surface area contributed by atoms with Crippen LogP contribution in [0.25, 0.3) is 0 Å². The summed E-state index contributed by atoms with van der Waals surface area (Å²) in [6.45, 7) is 5.93. The van der Waals surface area contributed by atoms with Gasteiger partial charge in [-0.05, 0) is 64.5 Å². The van der Waals surface area contributed by atoms with Gasteiger partial charge in [-0.25, -0.2) is 0 Å². The van der Waals surface area contributed by atoms with Gasteiger partial charge in [0.25, 0.3) is 0 Å². The van der Waals surface area contributed by atoms with Gasteiger partial charge in [0.05, 0.1) is 6.61 Å². The second kappa shape index (κ2) is 22.6. The van der Waals surface area contributed by atoms with Crippen LogP contribution in [0.1, 0.15) is 155 Å². The lowest BCUT2D eigenvalue weighted by Crippen LogP contribution is -2.23. The van der Waals surface area contributed by atoms with Crippen molar-refractivity contribution in [2.75, 3.05) is 27.2 Å². The van der Waals surface area contributed by atoms with Crippen LogP contribution in [-0.2, 0) is 9.53 Å². The summed E-state index contributed by atoms with van der Waals surface area (Å²) in [6.07, 6.45) is 30.2. The Morgan fingerprint density at radius 3 is 1.69 bits per heavy atom. The molecule has 0 aromatic carbocycles. The molecule has 1 fully saturated rings. The molecule has 0 amide bonds. The molecule has 0 aromatic heterocycles. The van der Waals surface area contributed by atoms with Crippen LogP contribution in [0.2, 0.25) is 0 Å². The van der Waals surface area contributed by atoms with Crippen LogP contribution >= 0.6 is 0 Å². The molecule has 0 spiro atoms. The number of hydrogen-bond donors (Lipinski definition) is 0. The van der Waals surface area contributed by atoms with Gasteiger partial charge in [-0.15, -0.1) is 0 Å². The molecule has 1 saturated carbocycles. The summed E-state index contributed by atoms with van der Waals surface area (Å²) in [4.78, 5) is 13.9. The highest BCUT2D eigenvalue weighted by Crippen LogP contribution is 2.49. The number of rotatable bonds is 26. The minimum Gasteiger partial charge on any atom is -0.466 e. The third-order valence-corrected chi connectivity index (χ3v) is 8.12. The van der Waals surface area contributed by atoms with Gasteiger partial charge in [0, 0.05) is 13.0 Å². The Kier molecular flexibility index (Phi) is 21.0. The molecule has 208 valence electrons. The number of nitrogens with zero attached hydrogens (tertiary/aromatic N) is 1. The third kappa shape index (κ3) is 19.2. The van der Waals surface area contributed by atoms with E-state index in [2.05, 4.69) is 25.9 Å². The van der Waals surface area contributed by atoms with E-state index < -0.39 is 0 Å². The van der Waals surface area contributed by atoms with E-state index in [1.54, 1.807) is 0 Å². The number of hydrogen-bond acceptors (Lipinski definition) is 3. The molecule has 0 aromatic rings. The summed E-state index contributed by atoms with van der Waals surface area (Å²) < 4.78 is 5.07. The summed E-state index contributed by atoms with van der Waals surface area (Å²) in [6, 6.07) is 0. The SMILES string of the molecule is CCCCCCCCCCCCCCCCCCCC(CN(C)C)C1CC1CCCC(=O)OCC. The maximum atomic E-state index is 11.6. The number of carbonyl (C=O) groups excluding carboxylic acids is 1. The van der Waals surface area contributed by atoms with Crippen molar-refractivity contribution < 1.29 is 9.53 Å². The van der Waals surface area contributed by atoms with Crippen LogP contribution in [-0.4, -0.2) is 38.1 Å². The predicted octanol–water partition coefficient (Wildman–Crippen LogP) is 9.58. The van der Waals surface area contributed by atoms with E-state index in [0.717, 1.165) is 24.2 Å². The van der Waals surface area contributed by atoms with E-state index in [1.807, 2.05) is 6.92 Å². The second-order valence-corrected chi connectivity index (χ2v) is 11.8. The zero-order chi connectivity index (χ0) is 25.6. The van der Waals surface area contributed by atoms with Crippen molar-refractivity contribution >= 4 is 5.97 Å². The van der Waals surface area contributed by atoms with Crippen molar-refractivity contribution in [1.82, 2.24) is 4.90 Å². The van der Waals surface area contributed by atoms with Crippen LogP contribution in [0.4, 0.5) is 0 Å². The van der Waals surface area contributed by atoms with Crippen LogP contribution in [0.15, 0.2) is 0 Å². The topological polar surface area (TPSA) is 29.5 Å². The molecule has 3 nitrogen and oxygen atoms in total. The Bertz CT molecular complexity index is 478. The summed E-state index contributed by atoms with van der Waals surface area (Å²) in [7, 11) is 4.44. The highest BCUT2D eigenvalue weighted by Gasteiger charge is 2.41. The van der Waals surface area contributed by atoms with E-state index in [9.17, 15) is 4.79 Å². The minimum absolute atomic E-state index is 0.0157. The lowest BCUT2D eigenvalue weighted by Gasteiger charge is -2.21. The van der Waals surface area contributed by atoms with Gasteiger partial charge in [0.15, 0.2) is 0 Å². The first-order valence-electron chi connectivity index (χ1n) is 15.9. The normalized spacial score (nSPS) is 18.2. The largest absolute Gasteiger partial charge is 0.466 e. The van der Waals surface area contributed by atoms with E-state index in [1.165, 1.54) is 135 Å². The Morgan fingerprint density at radius 2 is 1.23 bits per heavy atom. The maximum absolute atomic E-state index is 11.6. The molecule has 3 atom stereocenters. The van der Waals surface area contributed by atoms with Crippen molar-refractivity contribution in [2.24, 2.45) is 17.8 Å². The van der Waals surface area contributed by atoms with Crippen molar-refractivity contribution in [3.63, 3.8) is 0 Å². The molecular weight excluding hydrogens is 430 g/mol. The van der Waals surface area contributed by atoms with Gasteiger partial charge in [0.1, 0.15) is 0 Å². The number of unbranched alkanes of at least 4 members (excludes halogenated alkanes) is 16. The van der Waals surface area contributed by atoms with E-state index in [4.69, 9.17) is 4.74 Å². The molecular formula is C32H63NO2. The highest BCUT2D eigenvalue weighted by molar-refractivity contribution is 5.69. The average Bonchev–Trinajstić information content (AvgIpc) is 3.59. The summed E-state index contributed by atoms with van der Waals surface area (Å²) in [5.74, 6) is 2.60. The second-order valence-electron chi connectivity index (χ2n) is 11.8. The Labute approximate surface area is 220 Å². The molecule has 0 N–H and O–H groups in total. The monoisotopic (exact) mass is 493 g/mol. The minimum atomic E-state index is -0.0157. The molecule has 0 aliphatic heterocycles. The number of carbonyl (C=O) groups is 1. The first-order valence-corrected chi connectivity index (χ1v) is 15.9. The average molecular weight is 494 g/mol. The van der Waals surface area contributed by atoms with Gasteiger partial charge in [-0.1, -0.05) is 116 Å². The first kappa shape index (κ1) is 32.5. The van der Waals surface area contributed by atoms with Gasteiger partial charge in [0.2, 0.25) is 0 Å². The lowest BCUT2D eigenvalue weighted by molar-refractivity contribution is -0.143. The number of esters is 1. The molecule has 0 heterocycles. The van der Waals surface area contributed by atoms with Crippen molar-refractivity contribution in [3.8, 4) is 0 Å². The Hall–Kier alpha value is -0.570. The standard InChI is InChI=1S/C32H63NO2/c1-5-7-8-9-10-11-12-13-14-15-16-17-18-19-20-21-22-24-30(28-33(3)4)31-27-29(31)25-23-26-32(34)35-6-2/h29-31H,5-28H2,1-4H3. The first-order chi connectivity index (χ1) is 17.1. The van der Waals surface area contributed by atoms with E-state index in [0.29, 0.717) is 13.0 Å². The van der Waals surface area contributed by atoms with Gasteiger partial charge >= 0.3 is 5.97 Å². The molecule has 0 radical (unpaired) electrons. The molecule has 3 heteroatoms. The highest BCUT2D eigenvalue weighted by atomic mass is 16.5. The van der Waals surface area contributed by atoms with Crippen LogP contribution in [0.3, 0.4) is 0 Å². The van der Waals surface area contributed by atoms with Gasteiger partial charge in [-0.3, -0.25) is 4.79 Å². The smallest absolute Gasteiger partial charge is 0.305 e. The zero-order valence-electron chi connectivity index (χ0n) is 24.5. The molecule has 1 rings (SSSR count). The summed E-state index contributed by atoms with van der Waals surface area (Å²) in [5, 5.41) is 0. The fourth-order valence-corrected chi connectivity index (χ4v) is 5.96. The van der Waals surface area contributed by atoms with E-state index in [-0.39, 0.29) is 5.97 Å². The predicted molar refractivity (Wildman–Crippen MR) is 153 cm³/mol. The van der Waals surface area contributed by atoms with Crippen LogP contribution in [0, 0.1) is 17.8 Å². The van der Waals surface area contributed by atoms with Crippen LogP contribution in [0.5, 0.6) is 0 Å². The van der Waals surface area contributed by atoms with Crippen molar-refractivity contribution in [2.45, 2.75) is 155 Å². The van der Waals surface area contributed by atoms with Crippen molar-refractivity contribution in [1.29, 1.82) is 0 Å². The summed E-state index contributed by atoms with van der Waals surface area (Å²) >= 11 is 0. The molecule has 0 bridgehead atoms. The molecule has 1 aliphatic carbocycles. The maximum Gasteiger partial charge on any atom is 0.305 e. The van der Waals surface area contributed by atoms with Crippen molar-refractivity contribution in [3.05, 3.63) is 0 Å². The fourth-order valence-electron chi connectivity index (χ4n) is 5.96. The van der Waals surface area contributed by atoms with Gasteiger partial charge in [-0.2, -0.15) is 0 Å². The van der Waals surface area contributed by atoms with Gasteiger partial charge < -0.3 is 9.64 Å². The lowest BCUT2D eigenvalue weighted by atomic mass is 9.93. The quantitative estimate of drug-likeness (QED) is 0.0887. The molecule has 1 aliphatic rings.